The molecule has 0 aromatic heterocycles. The second-order valence-electron chi connectivity index (χ2n) is 5.63. The van der Waals surface area contributed by atoms with Crippen molar-refractivity contribution in [2.24, 2.45) is 0 Å². The molecule has 0 saturated carbocycles. The van der Waals surface area contributed by atoms with Crippen LogP contribution in [0.5, 0.6) is 0 Å². The largest absolute Gasteiger partial charge is 0.317 e. The lowest BCUT2D eigenvalue weighted by Crippen LogP contribution is -3.14. The molecule has 0 radical (unpaired) electrons. The first kappa shape index (κ1) is 16.0. The van der Waals surface area contributed by atoms with E-state index < -0.39 is 0 Å². The smallest absolute Gasteiger partial charge is 0.270 e. The summed E-state index contributed by atoms with van der Waals surface area (Å²) in [5.41, 5.74) is 0.968. The molecule has 22 heavy (non-hydrogen) atoms. The van der Waals surface area contributed by atoms with Crippen molar-refractivity contribution in [3.63, 3.8) is 0 Å². The van der Waals surface area contributed by atoms with Gasteiger partial charge in [0.25, 0.3) is 5.91 Å². The van der Waals surface area contributed by atoms with E-state index in [0.29, 0.717) is 20.9 Å². The van der Waals surface area contributed by atoms with Gasteiger partial charge in [0.15, 0.2) is 11.0 Å². The van der Waals surface area contributed by atoms with Gasteiger partial charge in [0.2, 0.25) is 0 Å². The number of benzene rings is 1. The average Bonchev–Trinajstić information content (AvgIpc) is 2.78. The van der Waals surface area contributed by atoms with Crippen LogP contribution in [0.25, 0.3) is 6.08 Å². The summed E-state index contributed by atoms with van der Waals surface area (Å²) in [6.07, 6.45) is 5.68. The predicted octanol–water partition coefficient (Wildman–Crippen LogP) is 2.57. The molecular weight excluding hydrogens is 336 g/mol. The van der Waals surface area contributed by atoms with Crippen molar-refractivity contribution in [1.29, 1.82) is 0 Å². The number of piperidine rings is 1. The van der Waals surface area contributed by atoms with Gasteiger partial charge in [-0.3, -0.25) is 4.79 Å². The fraction of sp³-hybridized carbons (Fsp3) is 0.375. The lowest BCUT2D eigenvalue weighted by atomic mass is 10.1. The van der Waals surface area contributed by atoms with E-state index in [1.54, 1.807) is 4.90 Å². The number of halogens is 1. The van der Waals surface area contributed by atoms with Gasteiger partial charge in [-0.1, -0.05) is 47.7 Å². The van der Waals surface area contributed by atoms with Crippen LogP contribution in [0.15, 0.2) is 29.2 Å². The number of likely N-dealkylation sites (tertiary alicyclic amines) is 1. The zero-order chi connectivity index (χ0) is 15.5. The van der Waals surface area contributed by atoms with Gasteiger partial charge in [0, 0.05) is 5.02 Å². The number of carbonyl (C=O) groups excluding carboxylic acids is 1. The Kier molecular flexibility index (Phi) is 5.18. The molecule has 0 unspecified atom stereocenters. The van der Waals surface area contributed by atoms with E-state index in [1.165, 1.54) is 35.9 Å². The quantitative estimate of drug-likeness (QED) is 0.667. The Morgan fingerprint density at radius 2 is 1.91 bits per heavy atom. The summed E-state index contributed by atoms with van der Waals surface area (Å²) in [5.74, 6) is 0.0306. The molecule has 1 aromatic carbocycles. The van der Waals surface area contributed by atoms with Crippen LogP contribution in [-0.2, 0) is 4.79 Å². The van der Waals surface area contributed by atoms with Crippen LogP contribution in [0.4, 0.5) is 0 Å². The van der Waals surface area contributed by atoms with Crippen molar-refractivity contribution in [2.75, 3.05) is 19.8 Å². The molecule has 116 valence electrons. The second-order valence-corrected chi connectivity index (χ2v) is 7.74. The van der Waals surface area contributed by atoms with E-state index >= 15 is 0 Å². The van der Waals surface area contributed by atoms with E-state index in [2.05, 4.69) is 0 Å². The van der Waals surface area contributed by atoms with Gasteiger partial charge < -0.3 is 4.90 Å². The number of amides is 1. The monoisotopic (exact) mass is 353 g/mol. The maximum Gasteiger partial charge on any atom is 0.270 e. The molecule has 2 heterocycles. The minimum Gasteiger partial charge on any atom is -0.317 e. The number of hydrogen-bond acceptors (Lipinski definition) is 3. The van der Waals surface area contributed by atoms with Crippen molar-refractivity contribution in [2.45, 2.75) is 19.3 Å². The minimum absolute atomic E-state index is 0.0306. The summed E-state index contributed by atoms with van der Waals surface area (Å²) in [5, 5.41) is 0.693. The first-order valence-electron chi connectivity index (χ1n) is 7.48. The van der Waals surface area contributed by atoms with Crippen molar-refractivity contribution in [3.8, 4) is 0 Å². The van der Waals surface area contributed by atoms with Gasteiger partial charge in [-0.05, 0) is 43.0 Å². The summed E-state index contributed by atoms with van der Waals surface area (Å²) in [4.78, 5) is 16.5. The van der Waals surface area contributed by atoms with Crippen molar-refractivity contribution in [1.82, 2.24) is 4.90 Å². The number of thiocarbonyl (C=S) groups is 1. The topological polar surface area (TPSA) is 24.8 Å². The highest BCUT2D eigenvalue weighted by Gasteiger charge is 2.34. The fourth-order valence-corrected chi connectivity index (χ4v) is 4.16. The maximum atomic E-state index is 12.6. The van der Waals surface area contributed by atoms with Crippen LogP contribution in [0.2, 0.25) is 5.02 Å². The molecule has 2 fully saturated rings. The minimum atomic E-state index is 0.0306. The highest BCUT2D eigenvalue weighted by atomic mass is 35.5. The zero-order valence-electron chi connectivity index (χ0n) is 12.2. The Morgan fingerprint density at radius 3 is 2.59 bits per heavy atom. The van der Waals surface area contributed by atoms with E-state index in [-0.39, 0.29) is 5.91 Å². The van der Waals surface area contributed by atoms with E-state index in [1.807, 2.05) is 30.3 Å². The molecule has 0 spiro atoms. The van der Waals surface area contributed by atoms with Crippen molar-refractivity contribution in [3.05, 3.63) is 39.8 Å². The molecule has 1 aromatic rings. The molecule has 0 atom stereocenters. The molecule has 6 heteroatoms. The Bertz CT molecular complexity index is 609. The van der Waals surface area contributed by atoms with Gasteiger partial charge in [0.05, 0.1) is 18.0 Å². The first-order chi connectivity index (χ1) is 10.6. The lowest BCUT2D eigenvalue weighted by Gasteiger charge is -2.27. The standard InChI is InChI=1S/C16H17ClN2OS2/c17-13-6-4-12(5-7-13)10-14-15(20)19(16(21)22-14)11-18-8-2-1-3-9-18/h4-7,10H,1-3,8-9,11H2/p+1/b14-10+. The predicted molar refractivity (Wildman–Crippen MR) is 95.9 cm³/mol. The highest BCUT2D eigenvalue weighted by Crippen LogP contribution is 2.32. The van der Waals surface area contributed by atoms with Crippen LogP contribution in [0, 0.1) is 0 Å². The van der Waals surface area contributed by atoms with Gasteiger partial charge >= 0.3 is 0 Å². The van der Waals surface area contributed by atoms with Crippen LogP contribution < -0.4 is 4.90 Å². The van der Waals surface area contributed by atoms with Gasteiger partial charge in [-0.25, -0.2) is 4.90 Å². The molecule has 1 N–H and O–H groups in total. The third kappa shape index (κ3) is 3.71. The second kappa shape index (κ2) is 7.13. The van der Waals surface area contributed by atoms with Crippen molar-refractivity contribution < 1.29 is 9.69 Å². The molecule has 2 aliphatic heterocycles. The Labute approximate surface area is 145 Å². The third-order valence-electron chi connectivity index (χ3n) is 3.98. The molecule has 3 rings (SSSR count). The molecule has 3 nitrogen and oxygen atoms in total. The van der Waals surface area contributed by atoms with Gasteiger partial charge in [-0.15, -0.1) is 0 Å². The first-order valence-corrected chi connectivity index (χ1v) is 9.08. The highest BCUT2D eigenvalue weighted by molar-refractivity contribution is 8.26. The molecular formula is C16H18ClN2OS2+. The number of thioether (sulfide) groups is 1. The number of rotatable bonds is 3. The van der Waals surface area contributed by atoms with Gasteiger partial charge in [0.1, 0.15) is 0 Å². The number of quaternary nitrogens is 1. The molecule has 1 amide bonds. The van der Waals surface area contributed by atoms with Crippen molar-refractivity contribution >= 4 is 51.9 Å². The normalized spacial score (nSPS) is 21.9. The van der Waals surface area contributed by atoms with Gasteiger partial charge in [-0.2, -0.15) is 0 Å². The lowest BCUT2D eigenvalue weighted by molar-refractivity contribution is -0.911. The number of nitrogens with zero attached hydrogens (tertiary/aromatic N) is 1. The number of hydrogen-bond donors (Lipinski definition) is 1. The third-order valence-corrected chi connectivity index (χ3v) is 5.61. The van der Waals surface area contributed by atoms with Crippen LogP contribution in [0.3, 0.4) is 0 Å². The summed E-state index contributed by atoms with van der Waals surface area (Å²) in [6, 6.07) is 7.47. The average molecular weight is 354 g/mol. The Balaban J connectivity index is 1.71. The van der Waals surface area contributed by atoms with E-state index in [4.69, 9.17) is 23.8 Å². The maximum absolute atomic E-state index is 12.6. The zero-order valence-corrected chi connectivity index (χ0v) is 14.6. The Morgan fingerprint density at radius 1 is 1.23 bits per heavy atom. The number of carbonyl (C=O) groups is 1. The molecule has 2 saturated heterocycles. The van der Waals surface area contributed by atoms with Crippen LogP contribution in [-0.4, -0.2) is 34.9 Å². The van der Waals surface area contributed by atoms with Crippen LogP contribution in [0.1, 0.15) is 24.8 Å². The fourth-order valence-electron chi connectivity index (χ4n) is 2.78. The summed E-state index contributed by atoms with van der Waals surface area (Å²) < 4.78 is 0.670. The SMILES string of the molecule is O=C1/C(=C\c2ccc(Cl)cc2)SC(=S)N1C[NH+]1CCCCC1. The molecule has 0 bridgehead atoms. The molecule has 0 aliphatic carbocycles. The summed E-state index contributed by atoms with van der Waals surface area (Å²) in [6.45, 7) is 2.96. The van der Waals surface area contributed by atoms with Crippen LogP contribution >= 0.6 is 35.6 Å². The van der Waals surface area contributed by atoms with E-state index in [9.17, 15) is 4.79 Å². The Hall–Kier alpha value is -0.880. The summed E-state index contributed by atoms with van der Waals surface area (Å²) >= 11 is 12.7. The van der Waals surface area contributed by atoms with E-state index in [0.717, 1.165) is 18.7 Å². The molecule has 2 aliphatic rings. The summed E-state index contributed by atoms with van der Waals surface area (Å²) in [7, 11) is 0. The number of nitrogens with one attached hydrogen (secondary N) is 1.